The Kier molecular flexibility index (Phi) is 3.22. The van der Waals surface area contributed by atoms with Gasteiger partial charge in [0.1, 0.15) is 4.71 Å². The molecule has 0 N–H and O–H groups in total. The standard InChI is InChI=1S/C8H8Cl2O2S/c1-6(9)13(11,12)8-4-2-3-7(10)5-8/h2-6H,1H3. The summed E-state index contributed by atoms with van der Waals surface area (Å²) in [4.78, 5) is 0.155. The van der Waals surface area contributed by atoms with Gasteiger partial charge in [-0.15, -0.1) is 11.6 Å². The molecule has 0 aromatic heterocycles. The van der Waals surface area contributed by atoms with Crippen molar-refractivity contribution < 1.29 is 8.42 Å². The fourth-order valence-electron chi connectivity index (χ4n) is 0.831. The van der Waals surface area contributed by atoms with Crippen LogP contribution in [-0.2, 0) is 9.84 Å². The van der Waals surface area contributed by atoms with E-state index >= 15 is 0 Å². The number of sulfone groups is 1. The quantitative estimate of drug-likeness (QED) is 0.743. The van der Waals surface area contributed by atoms with Gasteiger partial charge in [-0.05, 0) is 25.1 Å². The van der Waals surface area contributed by atoms with Gasteiger partial charge < -0.3 is 0 Å². The van der Waals surface area contributed by atoms with Crippen LogP contribution < -0.4 is 0 Å². The molecule has 0 aliphatic heterocycles. The van der Waals surface area contributed by atoms with E-state index in [9.17, 15) is 8.42 Å². The van der Waals surface area contributed by atoms with Gasteiger partial charge in [0, 0.05) is 5.02 Å². The third kappa shape index (κ3) is 2.36. The Bertz CT molecular complexity index is 398. The summed E-state index contributed by atoms with van der Waals surface area (Å²) in [7, 11) is -3.42. The highest BCUT2D eigenvalue weighted by molar-refractivity contribution is 7.93. The van der Waals surface area contributed by atoms with Crippen LogP contribution in [0.2, 0.25) is 5.02 Å². The normalized spacial score (nSPS) is 14.1. The van der Waals surface area contributed by atoms with Crippen molar-refractivity contribution in [1.29, 1.82) is 0 Å². The summed E-state index contributed by atoms with van der Waals surface area (Å²) < 4.78 is 22.0. The van der Waals surface area contributed by atoms with Gasteiger partial charge in [0.2, 0.25) is 0 Å². The molecule has 72 valence electrons. The Morgan fingerprint density at radius 1 is 1.38 bits per heavy atom. The first kappa shape index (κ1) is 10.8. The van der Waals surface area contributed by atoms with Crippen LogP contribution in [0.15, 0.2) is 29.2 Å². The predicted molar refractivity (Wildman–Crippen MR) is 54.0 cm³/mol. The van der Waals surface area contributed by atoms with Crippen molar-refractivity contribution in [3.05, 3.63) is 29.3 Å². The molecular formula is C8H8Cl2O2S. The summed E-state index contributed by atoms with van der Waals surface area (Å²) in [5, 5.41) is 0.387. The van der Waals surface area contributed by atoms with E-state index in [1.165, 1.54) is 19.1 Å². The summed E-state index contributed by atoms with van der Waals surface area (Å²) in [6.07, 6.45) is 0. The van der Waals surface area contributed by atoms with Gasteiger partial charge in [-0.2, -0.15) is 0 Å². The van der Waals surface area contributed by atoms with E-state index < -0.39 is 14.5 Å². The van der Waals surface area contributed by atoms with Crippen LogP contribution in [-0.4, -0.2) is 13.1 Å². The molecule has 0 saturated carbocycles. The molecule has 0 amide bonds. The highest BCUT2D eigenvalue weighted by atomic mass is 35.5. The van der Waals surface area contributed by atoms with Crippen molar-refractivity contribution in [3.8, 4) is 0 Å². The van der Waals surface area contributed by atoms with E-state index in [0.717, 1.165) is 0 Å². The molecule has 0 fully saturated rings. The van der Waals surface area contributed by atoms with Crippen LogP contribution >= 0.6 is 23.2 Å². The zero-order valence-electron chi connectivity index (χ0n) is 6.87. The van der Waals surface area contributed by atoms with E-state index in [2.05, 4.69) is 0 Å². The lowest BCUT2D eigenvalue weighted by Crippen LogP contribution is -2.11. The zero-order chi connectivity index (χ0) is 10.1. The molecule has 0 aliphatic rings. The monoisotopic (exact) mass is 238 g/mol. The van der Waals surface area contributed by atoms with Gasteiger partial charge in [-0.3, -0.25) is 0 Å². The van der Waals surface area contributed by atoms with Gasteiger partial charge in [0.05, 0.1) is 4.90 Å². The largest absolute Gasteiger partial charge is 0.222 e. The van der Waals surface area contributed by atoms with E-state index in [1.807, 2.05) is 0 Å². The average Bonchev–Trinajstić information content (AvgIpc) is 2.04. The van der Waals surface area contributed by atoms with Crippen molar-refractivity contribution in [2.45, 2.75) is 16.5 Å². The summed E-state index contributed by atoms with van der Waals surface area (Å²) in [6, 6.07) is 6.05. The van der Waals surface area contributed by atoms with Crippen molar-refractivity contribution in [1.82, 2.24) is 0 Å². The van der Waals surface area contributed by atoms with E-state index in [-0.39, 0.29) is 4.90 Å². The molecule has 13 heavy (non-hydrogen) atoms. The second-order valence-electron chi connectivity index (χ2n) is 2.55. The third-order valence-electron chi connectivity index (χ3n) is 1.55. The number of rotatable bonds is 2. The lowest BCUT2D eigenvalue weighted by Gasteiger charge is -2.05. The first-order valence-electron chi connectivity index (χ1n) is 3.58. The first-order chi connectivity index (χ1) is 5.94. The highest BCUT2D eigenvalue weighted by Crippen LogP contribution is 2.21. The zero-order valence-corrected chi connectivity index (χ0v) is 9.20. The fraction of sp³-hybridized carbons (Fsp3) is 0.250. The van der Waals surface area contributed by atoms with Crippen LogP contribution in [0.3, 0.4) is 0 Å². The number of hydrogen-bond acceptors (Lipinski definition) is 2. The molecule has 5 heteroatoms. The van der Waals surface area contributed by atoms with Crippen LogP contribution in [0, 0.1) is 0 Å². The molecule has 2 nitrogen and oxygen atoms in total. The van der Waals surface area contributed by atoms with Crippen molar-refractivity contribution in [2.75, 3.05) is 0 Å². The van der Waals surface area contributed by atoms with Crippen molar-refractivity contribution >= 4 is 33.0 Å². The molecule has 1 unspecified atom stereocenters. The molecule has 0 spiro atoms. The Balaban J connectivity index is 3.24. The van der Waals surface area contributed by atoms with Crippen molar-refractivity contribution in [3.63, 3.8) is 0 Å². The van der Waals surface area contributed by atoms with Gasteiger partial charge in [-0.1, -0.05) is 17.7 Å². The minimum atomic E-state index is -3.42. The minimum absolute atomic E-state index is 0.155. The summed E-state index contributed by atoms with van der Waals surface area (Å²) in [5.74, 6) is 0. The molecule has 0 saturated heterocycles. The lowest BCUT2D eigenvalue weighted by atomic mass is 10.4. The topological polar surface area (TPSA) is 34.1 Å². The average molecular weight is 239 g/mol. The smallest absolute Gasteiger partial charge is 0.194 e. The van der Waals surface area contributed by atoms with Gasteiger partial charge >= 0.3 is 0 Å². The minimum Gasteiger partial charge on any atom is -0.222 e. The third-order valence-corrected chi connectivity index (χ3v) is 4.26. The molecule has 0 heterocycles. The molecule has 1 rings (SSSR count). The fourth-order valence-corrected chi connectivity index (χ4v) is 2.33. The van der Waals surface area contributed by atoms with Crippen LogP contribution in [0.1, 0.15) is 6.92 Å². The number of hydrogen-bond donors (Lipinski definition) is 0. The number of benzene rings is 1. The summed E-state index contributed by atoms with van der Waals surface area (Å²) in [5.41, 5.74) is 0. The Morgan fingerprint density at radius 2 is 2.00 bits per heavy atom. The van der Waals surface area contributed by atoms with E-state index in [0.29, 0.717) is 5.02 Å². The second kappa shape index (κ2) is 3.86. The molecule has 0 radical (unpaired) electrons. The molecule has 1 aromatic carbocycles. The van der Waals surface area contributed by atoms with E-state index in [4.69, 9.17) is 23.2 Å². The maximum atomic E-state index is 11.5. The molecular weight excluding hydrogens is 231 g/mol. The predicted octanol–water partition coefficient (Wildman–Crippen LogP) is 2.70. The summed E-state index contributed by atoms with van der Waals surface area (Å²) >= 11 is 11.2. The Morgan fingerprint density at radius 3 is 2.46 bits per heavy atom. The molecule has 0 aliphatic carbocycles. The summed E-state index contributed by atoms with van der Waals surface area (Å²) in [6.45, 7) is 1.41. The van der Waals surface area contributed by atoms with Gasteiger partial charge in [-0.25, -0.2) is 8.42 Å². The number of halogens is 2. The van der Waals surface area contributed by atoms with Crippen molar-refractivity contribution in [2.24, 2.45) is 0 Å². The van der Waals surface area contributed by atoms with Crippen LogP contribution in [0.25, 0.3) is 0 Å². The maximum Gasteiger partial charge on any atom is 0.194 e. The van der Waals surface area contributed by atoms with E-state index in [1.54, 1.807) is 12.1 Å². The molecule has 0 bridgehead atoms. The molecule has 1 atom stereocenters. The van der Waals surface area contributed by atoms with Crippen LogP contribution in [0.5, 0.6) is 0 Å². The Hall–Kier alpha value is -0.250. The second-order valence-corrected chi connectivity index (χ2v) is 6.16. The molecule has 1 aromatic rings. The highest BCUT2D eigenvalue weighted by Gasteiger charge is 2.20. The first-order valence-corrected chi connectivity index (χ1v) is 5.94. The number of alkyl halides is 1. The Labute approximate surface area is 87.4 Å². The van der Waals surface area contributed by atoms with Gasteiger partial charge in [0.15, 0.2) is 9.84 Å². The SMILES string of the molecule is CC(Cl)S(=O)(=O)c1cccc(Cl)c1. The van der Waals surface area contributed by atoms with Gasteiger partial charge in [0.25, 0.3) is 0 Å². The lowest BCUT2D eigenvalue weighted by molar-refractivity contribution is 0.594. The maximum absolute atomic E-state index is 11.5. The van der Waals surface area contributed by atoms with Crippen LogP contribution in [0.4, 0.5) is 0 Å².